The molecule has 6 nitrogen and oxygen atoms in total. The average Bonchev–Trinajstić information content (AvgIpc) is 3.22. The summed E-state index contributed by atoms with van der Waals surface area (Å²) >= 11 is 7.36. The van der Waals surface area contributed by atoms with Gasteiger partial charge in [0.05, 0.1) is 18.7 Å². The fraction of sp³-hybridized carbons (Fsp3) is 0.125. The summed E-state index contributed by atoms with van der Waals surface area (Å²) in [4.78, 5) is 12.6. The van der Waals surface area contributed by atoms with Crippen LogP contribution in [0.25, 0.3) is 5.69 Å². The highest BCUT2D eigenvalue weighted by atomic mass is 35.5. The first-order valence-corrected chi connectivity index (χ1v) is 11.5. The normalized spacial score (nSPS) is 10.7. The second-order valence-corrected chi connectivity index (χ2v) is 8.42. The number of rotatable bonds is 9. The largest absolute Gasteiger partial charge is 0.493 e. The number of hydrogen-bond acceptors (Lipinski definition) is 5. The van der Waals surface area contributed by atoms with Crippen LogP contribution in [-0.4, -0.2) is 33.0 Å². The van der Waals surface area contributed by atoms with Gasteiger partial charge < -0.3 is 10.1 Å². The van der Waals surface area contributed by atoms with Gasteiger partial charge in [0, 0.05) is 16.5 Å². The molecule has 0 aliphatic rings. The number of benzene rings is 3. The molecule has 168 valence electrons. The molecule has 33 heavy (non-hydrogen) atoms. The molecule has 0 aliphatic carbocycles. The molecule has 3 aromatic carbocycles. The second-order valence-electron chi connectivity index (χ2n) is 6.93. The maximum Gasteiger partial charge on any atom is 0.232 e. The smallest absolute Gasteiger partial charge is 0.232 e. The highest BCUT2D eigenvalue weighted by Crippen LogP contribution is 2.23. The van der Waals surface area contributed by atoms with E-state index in [0.29, 0.717) is 28.4 Å². The number of carbonyl (C=O) groups is 1. The predicted octanol–water partition coefficient (Wildman–Crippen LogP) is 5.41. The molecule has 1 amide bonds. The number of nitrogens with zero attached hydrogens (tertiary/aromatic N) is 3. The van der Waals surface area contributed by atoms with Gasteiger partial charge in [-0.25, -0.2) is 4.39 Å². The zero-order valence-corrected chi connectivity index (χ0v) is 19.0. The van der Waals surface area contributed by atoms with Crippen LogP contribution >= 0.6 is 23.4 Å². The van der Waals surface area contributed by atoms with Crippen LogP contribution in [0.1, 0.15) is 5.82 Å². The fourth-order valence-corrected chi connectivity index (χ4v) is 3.98. The number of amides is 1. The van der Waals surface area contributed by atoms with Crippen molar-refractivity contribution in [3.05, 3.63) is 95.5 Å². The van der Waals surface area contributed by atoms with Crippen LogP contribution < -0.4 is 10.1 Å². The minimum absolute atomic E-state index is 0.0575. The summed E-state index contributed by atoms with van der Waals surface area (Å²) < 4.78 is 21.5. The molecule has 1 aromatic heterocycles. The number of anilines is 1. The lowest BCUT2D eigenvalue weighted by molar-refractivity contribution is -0.115. The molecular formula is C24H20ClFN4O2S. The molecule has 4 aromatic rings. The summed E-state index contributed by atoms with van der Waals surface area (Å²) in [6.45, 7) is 0.455. The van der Waals surface area contributed by atoms with E-state index in [2.05, 4.69) is 15.5 Å². The number of carbonyl (C=O) groups excluding carboxylic acids is 1. The van der Waals surface area contributed by atoms with Crippen molar-refractivity contribution in [2.24, 2.45) is 0 Å². The lowest BCUT2D eigenvalue weighted by Gasteiger charge is -2.11. The molecule has 0 spiro atoms. The lowest BCUT2D eigenvalue weighted by atomic mass is 10.2. The minimum Gasteiger partial charge on any atom is -0.493 e. The molecule has 0 saturated heterocycles. The Labute approximate surface area is 199 Å². The van der Waals surface area contributed by atoms with Crippen LogP contribution in [0.4, 0.5) is 10.1 Å². The van der Waals surface area contributed by atoms with Crippen LogP contribution in [0.2, 0.25) is 5.02 Å². The number of halogens is 2. The molecule has 1 N–H and O–H groups in total. The molecule has 0 radical (unpaired) electrons. The van der Waals surface area contributed by atoms with Crippen molar-refractivity contribution in [1.29, 1.82) is 0 Å². The van der Waals surface area contributed by atoms with Crippen molar-refractivity contribution in [1.82, 2.24) is 14.8 Å². The summed E-state index contributed by atoms with van der Waals surface area (Å²) in [6, 6.07) is 22.7. The van der Waals surface area contributed by atoms with Crippen molar-refractivity contribution in [3.8, 4) is 11.4 Å². The summed E-state index contributed by atoms with van der Waals surface area (Å²) in [7, 11) is 0. The van der Waals surface area contributed by atoms with E-state index in [1.165, 1.54) is 23.9 Å². The van der Waals surface area contributed by atoms with Crippen molar-refractivity contribution in [3.63, 3.8) is 0 Å². The number of thioether (sulfide) groups is 1. The van der Waals surface area contributed by atoms with E-state index in [1.54, 1.807) is 24.3 Å². The monoisotopic (exact) mass is 482 g/mol. The van der Waals surface area contributed by atoms with Gasteiger partial charge >= 0.3 is 0 Å². The van der Waals surface area contributed by atoms with Gasteiger partial charge in [0.2, 0.25) is 5.91 Å². The van der Waals surface area contributed by atoms with Crippen molar-refractivity contribution < 1.29 is 13.9 Å². The first kappa shape index (κ1) is 22.8. The number of ether oxygens (including phenoxy) is 1. The molecule has 0 bridgehead atoms. The molecule has 9 heteroatoms. The fourth-order valence-electron chi connectivity index (χ4n) is 3.07. The number of aromatic nitrogens is 3. The first-order chi connectivity index (χ1) is 16.1. The third-order valence-electron chi connectivity index (χ3n) is 4.58. The average molecular weight is 483 g/mol. The van der Waals surface area contributed by atoms with Crippen LogP contribution in [0.3, 0.4) is 0 Å². The van der Waals surface area contributed by atoms with E-state index in [9.17, 15) is 9.18 Å². The maximum absolute atomic E-state index is 13.9. The Bertz CT molecular complexity index is 1220. The van der Waals surface area contributed by atoms with Gasteiger partial charge in [-0.15, -0.1) is 10.2 Å². The summed E-state index contributed by atoms with van der Waals surface area (Å²) in [5.74, 6) is 0.931. The standard InChI is InChI=1S/C24H20ClFN4O2S/c25-17-10-12-19(13-11-17)32-14-15-33-24-29-28-22(30(24)18-6-2-1-3-7-18)16-23(31)27-21-9-5-4-8-20(21)26/h1-13H,14-16H2,(H,27,31). The van der Waals surface area contributed by atoms with Gasteiger partial charge in [-0.3, -0.25) is 9.36 Å². The Hall–Kier alpha value is -3.36. The molecule has 0 aliphatic heterocycles. The van der Waals surface area contributed by atoms with Crippen LogP contribution in [0, 0.1) is 5.82 Å². The van der Waals surface area contributed by atoms with E-state index in [-0.39, 0.29) is 18.0 Å². The highest BCUT2D eigenvalue weighted by molar-refractivity contribution is 7.99. The lowest BCUT2D eigenvalue weighted by Crippen LogP contribution is -2.18. The minimum atomic E-state index is -0.493. The molecule has 0 atom stereocenters. The second kappa shape index (κ2) is 11.0. The first-order valence-electron chi connectivity index (χ1n) is 10.2. The topological polar surface area (TPSA) is 69.0 Å². The number of nitrogens with one attached hydrogen (secondary N) is 1. The zero-order chi connectivity index (χ0) is 23.0. The zero-order valence-electron chi connectivity index (χ0n) is 17.4. The quantitative estimate of drug-likeness (QED) is 0.255. The van der Waals surface area contributed by atoms with Crippen LogP contribution in [0.5, 0.6) is 5.75 Å². The summed E-state index contributed by atoms with van der Waals surface area (Å²) in [5.41, 5.74) is 0.958. The van der Waals surface area contributed by atoms with Gasteiger partial charge in [0.1, 0.15) is 17.4 Å². The molecule has 1 heterocycles. The third-order valence-corrected chi connectivity index (χ3v) is 5.72. The molecule has 0 unspecified atom stereocenters. The van der Waals surface area contributed by atoms with Crippen LogP contribution in [-0.2, 0) is 11.2 Å². The van der Waals surface area contributed by atoms with E-state index >= 15 is 0 Å². The summed E-state index contributed by atoms with van der Waals surface area (Å²) in [5, 5.41) is 12.4. The SMILES string of the molecule is O=C(Cc1nnc(SCCOc2ccc(Cl)cc2)n1-c1ccccc1)Nc1ccccc1F. The molecular weight excluding hydrogens is 463 g/mol. The Morgan fingerprint density at radius 2 is 1.73 bits per heavy atom. The number of hydrogen-bond donors (Lipinski definition) is 1. The van der Waals surface area contributed by atoms with Crippen molar-refractivity contribution in [2.75, 3.05) is 17.7 Å². The van der Waals surface area contributed by atoms with E-state index in [4.69, 9.17) is 16.3 Å². The Morgan fingerprint density at radius 3 is 2.48 bits per heavy atom. The van der Waals surface area contributed by atoms with Gasteiger partial charge in [0.15, 0.2) is 5.16 Å². The van der Waals surface area contributed by atoms with E-state index < -0.39 is 5.82 Å². The van der Waals surface area contributed by atoms with Crippen molar-refractivity contribution >= 4 is 35.0 Å². The van der Waals surface area contributed by atoms with Gasteiger partial charge in [-0.2, -0.15) is 0 Å². The highest BCUT2D eigenvalue weighted by Gasteiger charge is 2.18. The molecule has 0 fully saturated rings. The van der Waals surface area contributed by atoms with Gasteiger partial charge in [-0.05, 0) is 48.5 Å². The molecule has 0 saturated carbocycles. The predicted molar refractivity (Wildman–Crippen MR) is 128 cm³/mol. The Morgan fingerprint density at radius 1 is 1.00 bits per heavy atom. The maximum atomic E-state index is 13.9. The Kier molecular flexibility index (Phi) is 7.59. The van der Waals surface area contributed by atoms with E-state index in [1.807, 2.05) is 47.0 Å². The Balaban J connectivity index is 1.45. The van der Waals surface area contributed by atoms with Crippen LogP contribution in [0.15, 0.2) is 84.0 Å². The third kappa shape index (κ3) is 6.12. The number of para-hydroxylation sites is 2. The van der Waals surface area contributed by atoms with Gasteiger partial charge in [-0.1, -0.05) is 53.7 Å². The van der Waals surface area contributed by atoms with Gasteiger partial charge in [0.25, 0.3) is 0 Å². The summed E-state index contributed by atoms with van der Waals surface area (Å²) in [6.07, 6.45) is -0.0575. The molecule has 4 rings (SSSR count). The van der Waals surface area contributed by atoms with E-state index in [0.717, 1.165) is 11.4 Å². The van der Waals surface area contributed by atoms with Crippen molar-refractivity contribution in [2.45, 2.75) is 11.6 Å².